The zero-order valence-corrected chi connectivity index (χ0v) is 22.3. The summed E-state index contributed by atoms with van der Waals surface area (Å²) in [6, 6.07) is 9.89. The molecular weight excluding hydrogens is 476 g/mol. The number of carbonyl (C=O) groups is 2. The van der Waals surface area contributed by atoms with Gasteiger partial charge in [0, 0.05) is 36.3 Å². The molecule has 0 bridgehead atoms. The largest absolute Gasteiger partial charge is 0.463 e. The molecule has 1 unspecified atom stereocenters. The molecule has 0 radical (unpaired) electrons. The van der Waals surface area contributed by atoms with Crippen molar-refractivity contribution in [3.05, 3.63) is 76.1 Å². The number of rotatable bonds is 5. The first-order valence-electron chi connectivity index (χ1n) is 12.7. The van der Waals surface area contributed by atoms with Crippen molar-refractivity contribution in [3.63, 3.8) is 0 Å². The van der Waals surface area contributed by atoms with Crippen molar-refractivity contribution in [2.75, 3.05) is 26.3 Å². The summed E-state index contributed by atoms with van der Waals surface area (Å²) in [6.45, 7) is 9.60. The number of benzene rings is 1. The van der Waals surface area contributed by atoms with E-state index in [0.717, 1.165) is 40.8 Å². The van der Waals surface area contributed by atoms with Crippen LogP contribution in [-0.2, 0) is 14.3 Å². The Labute approximate surface area is 219 Å². The Balaban J connectivity index is 0.00000176. The second-order valence-electron chi connectivity index (χ2n) is 8.40. The number of ether oxygens (including phenoxy) is 2. The van der Waals surface area contributed by atoms with Crippen LogP contribution in [0.2, 0.25) is 5.02 Å². The van der Waals surface area contributed by atoms with Gasteiger partial charge in [-0.05, 0) is 85.2 Å². The topological polar surface area (TPSA) is 68.7 Å². The summed E-state index contributed by atoms with van der Waals surface area (Å²) in [7, 11) is 0. The van der Waals surface area contributed by atoms with Gasteiger partial charge in [-0.15, -0.1) is 0 Å². The molecule has 1 aromatic heterocycles. The SMILES string of the molecule is CC.CCOC(=O)/C=C/C1=Cc2cccnc2C(C2CCN(C(=O)OCC)CC2)c2ccc(Cl)cc21. The van der Waals surface area contributed by atoms with Gasteiger partial charge in [-0.3, -0.25) is 4.98 Å². The van der Waals surface area contributed by atoms with Crippen molar-refractivity contribution in [3.8, 4) is 0 Å². The van der Waals surface area contributed by atoms with Crippen molar-refractivity contribution in [1.29, 1.82) is 0 Å². The second kappa shape index (κ2) is 13.3. The molecule has 1 aliphatic carbocycles. The number of piperidine rings is 1. The minimum atomic E-state index is -0.384. The number of nitrogens with zero attached hydrogens (tertiary/aromatic N) is 2. The Morgan fingerprint density at radius 3 is 2.53 bits per heavy atom. The minimum absolute atomic E-state index is 0.0394. The lowest BCUT2D eigenvalue weighted by Gasteiger charge is -2.36. The maximum Gasteiger partial charge on any atom is 0.409 e. The minimum Gasteiger partial charge on any atom is -0.463 e. The Bertz CT molecular complexity index is 1120. The average molecular weight is 511 g/mol. The van der Waals surface area contributed by atoms with Gasteiger partial charge in [0.2, 0.25) is 0 Å². The summed E-state index contributed by atoms with van der Waals surface area (Å²) in [5, 5.41) is 0.629. The fourth-order valence-corrected chi connectivity index (χ4v) is 5.02. The van der Waals surface area contributed by atoms with Crippen LogP contribution in [0.15, 0.2) is 48.7 Å². The Hall–Kier alpha value is -3.12. The van der Waals surface area contributed by atoms with E-state index in [1.165, 1.54) is 6.08 Å². The number of carbonyl (C=O) groups excluding carboxylic acids is 2. The molecule has 7 heteroatoms. The molecular formula is C29H35ClN2O4. The maximum absolute atomic E-state index is 12.2. The van der Waals surface area contributed by atoms with Crippen LogP contribution in [0.5, 0.6) is 0 Å². The number of esters is 1. The Morgan fingerprint density at radius 1 is 1.11 bits per heavy atom. The summed E-state index contributed by atoms with van der Waals surface area (Å²) >= 11 is 6.42. The summed E-state index contributed by atoms with van der Waals surface area (Å²) in [4.78, 5) is 30.8. The molecule has 1 atom stereocenters. The number of fused-ring (bicyclic) bond motifs is 2. The highest BCUT2D eigenvalue weighted by Gasteiger charge is 2.35. The molecule has 1 amide bonds. The molecule has 2 heterocycles. The lowest BCUT2D eigenvalue weighted by atomic mass is 9.76. The molecule has 2 aromatic rings. The van der Waals surface area contributed by atoms with Gasteiger partial charge in [-0.1, -0.05) is 37.6 Å². The fraction of sp³-hybridized carbons (Fsp3) is 0.414. The fourth-order valence-electron chi connectivity index (χ4n) is 4.85. The standard InChI is InChI=1S/C27H29ClN2O4.C2H6/c1-3-33-24(31)10-7-19-16-20-6-5-13-29-26(20)25(22-9-8-21(28)17-23(19)22)18-11-14-30(15-12-18)27(32)34-4-2;1-2/h5-10,13,16-18,25H,3-4,11-12,14-15H2,1-2H3;1-2H3/b10-7+;. The number of aromatic nitrogens is 1. The summed E-state index contributed by atoms with van der Waals surface area (Å²) in [5.74, 6) is -0.0517. The van der Waals surface area contributed by atoms with Gasteiger partial charge in [0.05, 0.1) is 18.9 Å². The van der Waals surface area contributed by atoms with Gasteiger partial charge < -0.3 is 14.4 Å². The molecule has 1 aromatic carbocycles. The predicted octanol–water partition coefficient (Wildman–Crippen LogP) is 6.73. The number of halogens is 1. The van der Waals surface area contributed by atoms with Crippen molar-refractivity contribution in [2.24, 2.45) is 5.92 Å². The van der Waals surface area contributed by atoms with Crippen LogP contribution in [0, 0.1) is 5.92 Å². The third-order valence-electron chi connectivity index (χ3n) is 6.36. The molecule has 0 spiro atoms. The van der Waals surface area contributed by atoms with Crippen LogP contribution in [0.4, 0.5) is 4.79 Å². The number of pyridine rings is 1. The quantitative estimate of drug-likeness (QED) is 0.329. The van der Waals surface area contributed by atoms with Crippen LogP contribution in [0.25, 0.3) is 11.6 Å². The van der Waals surface area contributed by atoms with E-state index in [1.54, 1.807) is 17.9 Å². The third kappa shape index (κ3) is 6.35. The van der Waals surface area contributed by atoms with Crippen LogP contribution < -0.4 is 0 Å². The van der Waals surface area contributed by atoms with E-state index in [-0.39, 0.29) is 18.0 Å². The van der Waals surface area contributed by atoms with E-state index in [4.69, 9.17) is 26.1 Å². The Morgan fingerprint density at radius 2 is 1.83 bits per heavy atom. The second-order valence-corrected chi connectivity index (χ2v) is 8.83. The molecule has 1 saturated heterocycles. The van der Waals surface area contributed by atoms with Gasteiger partial charge in [0.1, 0.15) is 0 Å². The lowest BCUT2D eigenvalue weighted by Crippen LogP contribution is -2.40. The van der Waals surface area contributed by atoms with Crippen LogP contribution in [-0.4, -0.2) is 48.2 Å². The summed E-state index contributed by atoms with van der Waals surface area (Å²) in [6.07, 6.45) is 8.55. The number of amides is 1. The number of likely N-dealkylation sites (tertiary alicyclic amines) is 1. The highest BCUT2D eigenvalue weighted by Crippen LogP contribution is 2.45. The predicted molar refractivity (Wildman–Crippen MR) is 144 cm³/mol. The molecule has 192 valence electrons. The lowest BCUT2D eigenvalue weighted by molar-refractivity contribution is -0.137. The molecule has 6 nitrogen and oxygen atoms in total. The first-order chi connectivity index (χ1) is 17.5. The van der Waals surface area contributed by atoms with Gasteiger partial charge in [0.25, 0.3) is 0 Å². The zero-order valence-electron chi connectivity index (χ0n) is 21.5. The summed E-state index contributed by atoms with van der Waals surface area (Å²) < 4.78 is 10.3. The van der Waals surface area contributed by atoms with Crippen LogP contribution in [0.3, 0.4) is 0 Å². The first-order valence-corrected chi connectivity index (χ1v) is 13.1. The van der Waals surface area contributed by atoms with Gasteiger partial charge in [0.15, 0.2) is 0 Å². The van der Waals surface area contributed by atoms with Gasteiger partial charge >= 0.3 is 12.1 Å². The van der Waals surface area contributed by atoms with E-state index in [9.17, 15) is 9.59 Å². The molecule has 2 aliphatic rings. The molecule has 1 fully saturated rings. The van der Waals surface area contributed by atoms with E-state index < -0.39 is 0 Å². The highest BCUT2D eigenvalue weighted by atomic mass is 35.5. The van der Waals surface area contributed by atoms with Gasteiger partial charge in [-0.2, -0.15) is 0 Å². The van der Waals surface area contributed by atoms with Crippen molar-refractivity contribution < 1.29 is 19.1 Å². The van der Waals surface area contributed by atoms with E-state index in [1.807, 2.05) is 45.2 Å². The summed E-state index contributed by atoms with van der Waals surface area (Å²) in [5.41, 5.74) is 4.99. The number of allylic oxidation sites excluding steroid dienone is 2. The first kappa shape index (κ1) is 27.5. The van der Waals surface area contributed by atoms with Crippen molar-refractivity contribution in [2.45, 2.75) is 46.5 Å². The molecule has 0 N–H and O–H groups in total. The van der Waals surface area contributed by atoms with Crippen LogP contribution in [0.1, 0.15) is 68.8 Å². The monoisotopic (exact) mass is 510 g/mol. The van der Waals surface area contributed by atoms with Crippen molar-refractivity contribution in [1.82, 2.24) is 9.88 Å². The molecule has 36 heavy (non-hydrogen) atoms. The van der Waals surface area contributed by atoms with E-state index >= 15 is 0 Å². The normalized spacial score (nSPS) is 17.2. The van der Waals surface area contributed by atoms with Crippen LogP contribution >= 0.6 is 11.6 Å². The highest BCUT2D eigenvalue weighted by molar-refractivity contribution is 6.30. The van der Waals surface area contributed by atoms with E-state index in [0.29, 0.717) is 37.2 Å². The molecule has 0 saturated carbocycles. The smallest absolute Gasteiger partial charge is 0.409 e. The average Bonchev–Trinajstić information content (AvgIpc) is 3.03. The molecule has 4 rings (SSSR count). The molecule has 1 aliphatic heterocycles. The number of hydrogen-bond acceptors (Lipinski definition) is 5. The third-order valence-corrected chi connectivity index (χ3v) is 6.60. The zero-order chi connectivity index (χ0) is 26.1. The number of hydrogen-bond donors (Lipinski definition) is 0. The van der Waals surface area contributed by atoms with E-state index in [2.05, 4.69) is 18.2 Å². The van der Waals surface area contributed by atoms with Gasteiger partial charge in [-0.25, -0.2) is 9.59 Å². The maximum atomic E-state index is 12.2. The Kier molecular flexibility index (Phi) is 10.1. The van der Waals surface area contributed by atoms with Crippen molar-refractivity contribution >= 4 is 35.3 Å².